The van der Waals surface area contributed by atoms with Crippen LogP contribution < -0.4 is 0 Å². The highest BCUT2D eigenvalue weighted by atomic mass is 16.9. The predicted octanol–water partition coefficient (Wildman–Crippen LogP) is 6.57. The number of Topliss-reactive ketones (excluding diaryl/α,β-unsaturated/α-hetero) is 1. The van der Waals surface area contributed by atoms with Crippen molar-refractivity contribution in [3.05, 3.63) is 144 Å². The molecule has 0 aliphatic heterocycles. The van der Waals surface area contributed by atoms with Crippen LogP contribution in [0.1, 0.15) is 39.5 Å². The van der Waals surface area contributed by atoms with Gasteiger partial charge in [0.05, 0.1) is 19.3 Å². The molecule has 33 heavy (non-hydrogen) atoms. The molecule has 0 aromatic heterocycles. The molecule has 0 fully saturated rings. The molecule has 166 valence electrons. The van der Waals surface area contributed by atoms with Gasteiger partial charge >= 0.3 is 0 Å². The van der Waals surface area contributed by atoms with E-state index in [9.17, 15) is 4.79 Å². The Labute approximate surface area is 194 Å². The third kappa shape index (κ3) is 6.70. The van der Waals surface area contributed by atoms with E-state index >= 15 is 0 Å². The van der Waals surface area contributed by atoms with Crippen molar-refractivity contribution in [2.75, 3.05) is 0 Å². The van der Waals surface area contributed by atoms with E-state index in [1.807, 2.05) is 121 Å². The minimum atomic E-state index is -0.411. The van der Waals surface area contributed by atoms with Gasteiger partial charge in [-0.15, -0.1) is 0 Å². The summed E-state index contributed by atoms with van der Waals surface area (Å²) < 4.78 is 0. The van der Waals surface area contributed by atoms with Crippen LogP contribution in [0.4, 0.5) is 0 Å². The summed E-state index contributed by atoms with van der Waals surface area (Å²) in [5, 5.41) is 1.50. The first-order valence-electron chi connectivity index (χ1n) is 11.1. The molecule has 0 amide bonds. The van der Waals surface area contributed by atoms with Crippen LogP contribution in [0, 0.1) is 0 Å². The molecule has 0 aliphatic carbocycles. The van der Waals surface area contributed by atoms with Crippen molar-refractivity contribution < 1.29 is 14.5 Å². The molecule has 0 N–H and O–H groups in total. The second-order valence-corrected chi connectivity index (χ2v) is 7.72. The second-order valence-electron chi connectivity index (χ2n) is 7.72. The Hall–Kier alpha value is -3.57. The molecule has 4 rings (SSSR count). The predicted molar refractivity (Wildman–Crippen MR) is 129 cm³/mol. The van der Waals surface area contributed by atoms with Crippen molar-refractivity contribution in [1.82, 2.24) is 5.23 Å². The Morgan fingerprint density at radius 1 is 0.606 bits per heavy atom. The number of carbonyl (C=O) groups is 1. The van der Waals surface area contributed by atoms with Gasteiger partial charge in [0.25, 0.3) is 0 Å². The fraction of sp³-hybridized carbons (Fsp3) is 0.138. The van der Waals surface area contributed by atoms with Gasteiger partial charge in [0, 0.05) is 12.0 Å². The minimum Gasteiger partial charge on any atom is -0.294 e. The van der Waals surface area contributed by atoms with E-state index in [-0.39, 0.29) is 12.2 Å². The number of hydrogen-bond acceptors (Lipinski definition) is 4. The lowest BCUT2D eigenvalue weighted by molar-refractivity contribution is -0.401. The molecule has 1 atom stereocenters. The Balaban J connectivity index is 1.59. The Morgan fingerprint density at radius 3 is 1.52 bits per heavy atom. The third-order valence-corrected chi connectivity index (χ3v) is 5.32. The highest BCUT2D eigenvalue weighted by molar-refractivity contribution is 5.96. The van der Waals surface area contributed by atoms with Gasteiger partial charge in [0.1, 0.15) is 0 Å². The molecular formula is C29H27NO3. The van der Waals surface area contributed by atoms with E-state index in [0.717, 1.165) is 16.7 Å². The summed E-state index contributed by atoms with van der Waals surface area (Å²) in [5.41, 5.74) is 3.66. The number of hydroxylamine groups is 2. The maximum Gasteiger partial charge on any atom is 0.164 e. The van der Waals surface area contributed by atoms with E-state index in [1.165, 1.54) is 5.23 Å². The van der Waals surface area contributed by atoms with Gasteiger partial charge in [-0.1, -0.05) is 127 Å². The molecule has 0 unspecified atom stereocenters. The van der Waals surface area contributed by atoms with E-state index in [4.69, 9.17) is 9.68 Å². The number of benzene rings is 4. The molecule has 0 saturated carbocycles. The number of nitrogens with zero attached hydrogens (tertiary/aromatic N) is 1. The molecule has 0 heterocycles. The fourth-order valence-corrected chi connectivity index (χ4v) is 3.55. The zero-order chi connectivity index (χ0) is 22.7. The molecule has 4 nitrogen and oxygen atoms in total. The zero-order valence-electron chi connectivity index (χ0n) is 18.4. The smallest absolute Gasteiger partial charge is 0.164 e. The number of hydrogen-bond donors (Lipinski definition) is 0. The average molecular weight is 438 g/mol. The van der Waals surface area contributed by atoms with Gasteiger partial charge < -0.3 is 0 Å². The molecule has 0 radical (unpaired) electrons. The Bertz CT molecular complexity index is 1060. The highest BCUT2D eigenvalue weighted by Gasteiger charge is 2.26. The van der Waals surface area contributed by atoms with Crippen LogP contribution in [0.3, 0.4) is 0 Å². The zero-order valence-corrected chi connectivity index (χ0v) is 18.4. The van der Waals surface area contributed by atoms with Crippen molar-refractivity contribution in [2.24, 2.45) is 0 Å². The minimum absolute atomic E-state index is 0.0288. The summed E-state index contributed by atoms with van der Waals surface area (Å²) >= 11 is 0. The van der Waals surface area contributed by atoms with Crippen molar-refractivity contribution >= 4 is 5.78 Å². The Kier molecular flexibility index (Phi) is 8.14. The van der Waals surface area contributed by atoms with Crippen LogP contribution >= 0.6 is 0 Å². The molecule has 4 heteroatoms. The molecular weight excluding hydrogens is 410 g/mol. The van der Waals surface area contributed by atoms with Crippen LogP contribution in [0.5, 0.6) is 0 Å². The lowest BCUT2D eigenvalue weighted by Gasteiger charge is -2.30. The van der Waals surface area contributed by atoms with Crippen molar-refractivity contribution in [1.29, 1.82) is 0 Å². The van der Waals surface area contributed by atoms with Crippen LogP contribution in [0.25, 0.3) is 0 Å². The fourth-order valence-electron chi connectivity index (χ4n) is 3.55. The van der Waals surface area contributed by atoms with E-state index < -0.39 is 6.04 Å². The first-order chi connectivity index (χ1) is 16.3. The first-order valence-corrected chi connectivity index (χ1v) is 11.1. The van der Waals surface area contributed by atoms with Gasteiger partial charge in [-0.2, -0.15) is 0 Å². The number of rotatable bonds is 11. The Morgan fingerprint density at radius 2 is 1.03 bits per heavy atom. The summed E-state index contributed by atoms with van der Waals surface area (Å²) in [7, 11) is 0. The lowest BCUT2D eigenvalue weighted by atomic mass is 9.98. The van der Waals surface area contributed by atoms with Crippen molar-refractivity contribution in [3.63, 3.8) is 0 Å². The first kappa shape index (κ1) is 22.6. The quantitative estimate of drug-likeness (QED) is 0.197. The summed E-state index contributed by atoms with van der Waals surface area (Å²) in [6, 6.07) is 38.6. The lowest BCUT2D eigenvalue weighted by Crippen LogP contribution is -2.31. The molecule has 0 aliphatic rings. The second kappa shape index (κ2) is 11.9. The molecule has 0 bridgehead atoms. The van der Waals surface area contributed by atoms with Gasteiger partial charge in [0.15, 0.2) is 5.78 Å². The SMILES string of the molecule is O=C(C[C@@H](c1ccccc1)N(OCc1ccccc1)OCc1ccccc1)c1ccccc1. The van der Waals surface area contributed by atoms with E-state index in [0.29, 0.717) is 18.8 Å². The van der Waals surface area contributed by atoms with Crippen LogP contribution in [0.2, 0.25) is 0 Å². The topological polar surface area (TPSA) is 38.8 Å². The van der Waals surface area contributed by atoms with Crippen LogP contribution in [-0.4, -0.2) is 11.0 Å². The third-order valence-electron chi connectivity index (χ3n) is 5.32. The largest absolute Gasteiger partial charge is 0.294 e. The number of ketones is 1. The average Bonchev–Trinajstić information content (AvgIpc) is 2.90. The molecule has 4 aromatic carbocycles. The highest BCUT2D eigenvalue weighted by Crippen LogP contribution is 2.28. The van der Waals surface area contributed by atoms with Gasteiger partial charge in [-0.05, 0) is 16.7 Å². The normalized spacial score (nSPS) is 11.9. The standard InChI is InChI=1S/C29H27NO3/c31-29(27-19-11-4-12-20-27)21-28(26-17-9-3-10-18-26)30(32-22-24-13-5-1-6-14-24)33-23-25-15-7-2-8-16-25/h1-20,28H,21-23H2/t28-/m0/s1. The monoisotopic (exact) mass is 437 g/mol. The van der Waals surface area contributed by atoms with Gasteiger partial charge in [-0.3, -0.25) is 14.5 Å². The van der Waals surface area contributed by atoms with Crippen molar-refractivity contribution in [3.8, 4) is 0 Å². The maximum absolute atomic E-state index is 13.1. The number of carbonyl (C=O) groups excluding carboxylic acids is 1. The summed E-state index contributed by atoms with van der Waals surface area (Å²) in [5.74, 6) is 0.0288. The molecule has 0 saturated heterocycles. The van der Waals surface area contributed by atoms with Crippen LogP contribution in [-0.2, 0) is 22.9 Å². The maximum atomic E-state index is 13.1. The van der Waals surface area contributed by atoms with Crippen molar-refractivity contribution in [2.45, 2.75) is 25.7 Å². The summed E-state index contributed by atoms with van der Waals surface area (Å²) in [6.45, 7) is 0.664. The van der Waals surface area contributed by atoms with Crippen LogP contribution in [0.15, 0.2) is 121 Å². The summed E-state index contributed by atoms with van der Waals surface area (Å²) in [6.07, 6.45) is 0.220. The summed E-state index contributed by atoms with van der Waals surface area (Å²) in [4.78, 5) is 25.5. The molecule has 0 spiro atoms. The van der Waals surface area contributed by atoms with E-state index in [1.54, 1.807) is 0 Å². The van der Waals surface area contributed by atoms with E-state index in [2.05, 4.69) is 0 Å². The van der Waals surface area contributed by atoms with Gasteiger partial charge in [-0.25, -0.2) is 0 Å². The molecule has 4 aromatic rings. The van der Waals surface area contributed by atoms with Gasteiger partial charge in [0.2, 0.25) is 0 Å².